The number of amidine groups is 1. The van der Waals surface area contributed by atoms with Gasteiger partial charge in [0.25, 0.3) is 0 Å². The van der Waals surface area contributed by atoms with Gasteiger partial charge in [-0.05, 0) is 43.5 Å². The Hall–Kier alpha value is -0.870. The highest BCUT2D eigenvalue weighted by Crippen LogP contribution is 2.27. The maximum absolute atomic E-state index is 5.84. The molecule has 1 heterocycles. The summed E-state index contributed by atoms with van der Waals surface area (Å²) in [5.41, 5.74) is 0. The van der Waals surface area contributed by atoms with Gasteiger partial charge >= 0.3 is 0 Å². The Morgan fingerprint density at radius 1 is 1.24 bits per heavy atom. The minimum absolute atomic E-state index is 0.534. The van der Waals surface area contributed by atoms with E-state index in [1.165, 1.54) is 25.7 Å². The van der Waals surface area contributed by atoms with Crippen molar-refractivity contribution in [2.24, 2.45) is 4.99 Å². The lowest BCUT2D eigenvalue weighted by Crippen LogP contribution is -2.36. The quantitative estimate of drug-likeness (QED) is 0.827. The van der Waals surface area contributed by atoms with Crippen molar-refractivity contribution in [1.29, 1.82) is 0 Å². The molecule has 1 aliphatic heterocycles. The molecular weight excluding hydrogens is 304 g/mol. The van der Waals surface area contributed by atoms with Crippen molar-refractivity contribution in [1.82, 2.24) is 5.32 Å². The molecule has 2 aliphatic rings. The van der Waals surface area contributed by atoms with Crippen LogP contribution < -0.4 is 10.1 Å². The molecule has 1 aromatic carbocycles. The van der Waals surface area contributed by atoms with E-state index in [4.69, 9.17) is 21.3 Å². The summed E-state index contributed by atoms with van der Waals surface area (Å²) in [4.78, 5) is 4.79. The normalized spacial score (nSPS) is 24.1. The number of aliphatic imine (C=N–C) groups is 1. The molecule has 1 aromatic rings. The number of ether oxygens (including phenoxy) is 1. The molecular formula is C16H21ClN2OS. The molecule has 3 nitrogen and oxygen atoms in total. The summed E-state index contributed by atoms with van der Waals surface area (Å²) in [5, 5.41) is 5.44. The van der Waals surface area contributed by atoms with Crippen molar-refractivity contribution < 1.29 is 4.74 Å². The van der Waals surface area contributed by atoms with Crippen LogP contribution >= 0.6 is 23.4 Å². The van der Waals surface area contributed by atoms with Gasteiger partial charge in [0.1, 0.15) is 5.75 Å². The molecule has 0 bridgehead atoms. The van der Waals surface area contributed by atoms with Gasteiger partial charge < -0.3 is 10.1 Å². The summed E-state index contributed by atoms with van der Waals surface area (Å²) >= 11 is 7.67. The topological polar surface area (TPSA) is 33.6 Å². The molecule has 2 atom stereocenters. The fraction of sp³-hybridized carbons (Fsp3) is 0.562. The Labute approximate surface area is 135 Å². The van der Waals surface area contributed by atoms with Crippen LogP contribution in [0.1, 0.15) is 32.1 Å². The van der Waals surface area contributed by atoms with E-state index in [1.807, 2.05) is 36.0 Å². The standard InChI is InChI=1S/C16H21ClN2OS/c17-12-6-8-13(9-7-12)20-10-3-11-21-16-18-14-4-1-2-5-15(14)19-16/h6-9,14-15H,1-5,10-11H2,(H,18,19)/t14-,15-/m0/s1. The largest absolute Gasteiger partial charge is 0.494 e. The number of nitrogens with one attached hydrogen (secondary N) is 1. The molecule has 0 spiro atoms. The summed E-state index contributed by atoms with van der Waals surface area (Å²) in [5.74, 6) is 1.92. The van der Waals surface area contributed by atoms with E-state index < -0.39 is 0 Å². The van der Waals surface area contributed by atoms with Gasteiger partial charge in [-0.3, -0.25) is 4.99 Å². The molecule has 5 heteroatoms. The Bertz CT molecular complexity index is 492. The predicted octanol–water partition coefficient (Wildman–Crippen LogP) is 4.11. The maximum Gasteiger partial charge on any atom is 0.157 e. The van der Waals surface area contributed by atoms with Gasteiger partial charge in [-0.2, -0.15) is 0 Å². The second kappa shape index (κ2) is 7.41. The molecule has 0 unspecified atom stereocenters. The molecule has 1 N–H and O–H groups in total. The van der Waals surface area contributed by atoms with Crippen molar-refractivity contribution in [3.63, 3.8) is 0 Å². The smallest absolute Gasteiger partial charge is 0.157 e. The van der Waals surface area contributed by atoms with E-state index in [-0.39, 0.29) is 0 Å². The van der Waals surface area contributed by atoms with Crippen molar-refractivity contribution in [2.45, 2.75) is 44.2 Å². The SMILES string of the molecule is Clc1ccc(OCCCSC2=N[C@H]3CCCC[C@@H]3N2)cc1. The summed E-state index contributed by atoms with van der Waals surface area (Å²) in [6.45, 7) is 0.731. The number of halogens is 1. The van der Waals surface area contributed by atoms with Crippen LogP contribution in [0.3, 0.4) is 0 Å². The third kappa shape index (κ3) is 4.30. The van der Waals surface area contributed by atoms with Gasteiger partial charge in [-0.25, -0.2) is 0 Å². The van der Waals surface area contributed by atoms with Crippen LogP contribution in [0, 0.1) is 0 Å². The summed E-state index contributed by atoms with van der Waals surface area (Å²) < 4.78 is 5.69. The van der Waals surface area contributed by atoms with Crippen molar-refractivity contribution in [2.75, 3.05) is 12.4 Å². The van der Waals surface area contributed by atoms with Gasteiger partial charge in [-0.15, -0.1) is 0 Å². The molecule has 1 aliphatic carbocycles. The number of thioether (sulfide) groups is 1. The lowest BCUT2D eigenvalue weighted by Gasteiger charge is -2.23. The summed E-state index contributed by atoms with van der Waals surface area (Å²) in [6.07, 6.45) is 6.22. The molecule has 1 saturated carbocycles. The number of rotatable bonds is 5. The fourth-order valence-corrected chi connectivity index (χ4v) is 3.83. The zero-order valence-corrected chi connectivity index (χ0v) is 13.6. The van der Waals surface area contributed by atoms with E-state index in [9.17, 15) is 0 Å². The molecule has 21 heavy (non-hydrogen) atoms. The molecule has 0 saturated heterocycles. The third-order valence-electron chi connectivity index (χ3n) is 3.93. The summed E-state index contributed by atoms with van der Waals surface area (Å²) in [7, 11) is 0. The average Bonchev–Trinajstić information content (AvgIpc) is 2.91. The Morgan fingerprint density at radius 3 is 2.86 bits per heavy atom. The second-order valence-corrected chi connectivity index (χ2v) is 7.06. The molecule has 0 aromatic heterocycles. The lowest BCUT2D eigenvalue weighted by molar-refractivity contribution is 0.319. The fourth-order valence-electron chi connectivity index (χ4n) is 2.81. The lowest BCUT2D eigenvalue weighted by atomic mass is 9.92. The average molecular weight is 325 g/mol. The Morgan fingerprint density at radius 2 is 2.05 bits per heavy atom. The van der Waals surface area contributed by atoms with E-state index >= 15 is 0 Å². The first-order chi connectivity index (χ1) is 10.3. The van der Waals surface area contributed by atoms with Crippen LogP contribution in [-0.4, -0.2) is 29.6 Å². The maximum atomic E-state index is 5.84. The van der Waals surface area contributed by atoms with Gasteiger partial charge in [0, 0.05) is 10.8 Å². The highest BCUT2D eigenvalue weighted by atomic mass is 35.5. The first kappa shape index (κ1) is 15.0. The van der Waals surface area contributed by atoms with Crippen LogP contribution in [0.25, 0.3) is 0 Å². The van der Waals surface area contributed by atoms with Crippen molar-refractivity contribution in [3.05, 3.63) is 29.3 Å². The minimum Gasteiger partial charge on any atom is -0.494 e. The van der Waals surface area contributed by atoms with E-state index in [0.717, 1.165) is 34.7 Å². The molecule has 0 radical (unpaired) electrons. The van der Waals surface area contributed by atoms with Gasteiger partial charge in [0.2, 0.25) is 0 Å². The predicted molar refractivity (Wildman–Crippen MR) is 90.6 cm³/mol. The van der Waals surface area contributed by atoms with Crippen LogP contribution in [0.15, 0.2) is 29.3 Å². The second-order valence-electron chi connectivity index (χ2n) is 5.54. The Balaban J connectivity index is 1.32. The zero-order chi connectivity index (χ0) is 14.5. The van der Waals surface area contributed by atoms with Crippen molar-refractivity contribution in [3.8, 4) is 5.75 Å². The monoisotopic (exact) mass is 324 g/mol. The van der Waals surface area contributed by atoms with Gasteiger partial charge in [0.05, 0.1) is 18.7 Å². The van der Waals surface area contributed by atoms with Crippen LogP contribution in [0.5, 0.6) is 5.75 Å². The molecule has 0 amide bonds. The number of hydrogen-bond donors (Lipinski definition) is 1. The van der Waals surface area contributed by atoms with E-state index in [0.29, 0.717) is 12.1 Å². The van der Waals surface area contributed by atoms with E-state index in [2.05, 4.69) is 5.32 Å². The number of nitrogens with zero attached hydrogens (tertiary/aromatic N) is 1. The van der Waals surface area contributed by atoms with Crippen molar-refractivity contribution >= 4 is 28.5 Å². The van der Waals surface area contributed by atoms with Gasteiger partial charge in [0.15, 0.2) is 5.17 Å². The molecule has 1 fully saturated rings. The van der Waals surface area contributed by atoms with Crippen LogP contribution in [0.4, 0.5) is 0 Å². The third-order valence-corrected chi connectivity index (χ3v) is 5.17. The zero-order valence-electron chi connectivity index (χ0n) is 12.1. The highest BCUT2D eigenvalue weighted by Gasteiger charge is 2.30. The Kier molecular flexibility index (Phi) is 5.31. The first-order valence-corrected chi connectivity index (χ1v) is 9.03. The molecule has 3 rings (SSSR count). The van der Waals surface area contributed by atoms with Crippen LogP contribution in [-0.2, 0) is 0 Å². The van der Waals surface area contributed by atoms with E-state index in [1.54, 1.807) is 0 Å². The van der Waals surface area contributed by atoms with Crippen LogP contribution in [0.2, 0.25) is 5.02 Å². The molecule has 114 valence electrons. The van der Waals surface area contributed by atoms with Gasteiger partial charge in [-0.1, -0.05) is 36.2 Å². The minimum atomic E-state index is 0.534. The highest BCUT2D eigenvalue weighted by molar-refractivity contribution is 8.13. The number of benzene rings is 1. The number of fused-ring (bicyclic) bond motifs is 1. The number of hydrogen-bond acceptors (Lipinski definition) is 4. The first-order valence-electron chi connectivity index (χ1n) is 7.67. The summed E-state index contributed by atoms with van der Waals surface area (Å²) in [6, 6.07) is 8.65.